The topological polar surface area (TPSA) is 90.2 Å². The summed E-state index contributed by atoms with van der Waals surface area (Å²) in [5, 5.41) is 18.8. The summed E-state index contributed by atoms with van der Waals surface area (Å²) < 4.78 is 11.7. The lowest BCUT2D eigenvalue weighted by atomic mass is 10.0. The molecule has 1 aromatic rings. The van der Waals surface area contributed by atoms with E-state index in [-0.39, 0.29) is 23.8 Å². The van der Waals surface area contributed by atoms with Gasteiger partial charge in [0.05, 0.1) is 24.2 Å². The van der Waals surface area contributed by atoms with Crippen LogP contribution in [0, 0.1) is 0 Å². The first-order valence-electron chi connectivity index (χ1n) is 7.06. The van der Waals surface area contributed by atoms with Crippen molar-refractivity contribution in [2.75, 3.05) is 13.7 Å². The van der Waals surface area contributed by atoms with Gasteiger partial charge >= 0.3 is 5.97 Å². The number of aromatic nitrogens is 1. The molecule has 0 fully saturated rings. The summed E-state index contributed by atoms with van der Waals surface area (Å²) in [7, 11) is 1.64. The quantitative estimate of drug-likeness (QED) is 0.761. The summed E-state index contributed by atoms with van der Waals surface area (Å²) in [6.07, 6.45) is 0.651. The Bertz CT molecular complexity index is 487. The van der Waals surface area contributed by atoms with Crippen molar-refractivity contribution in [3.63, 3.8) is 0 Å². The third kappa shape index (κ3) is 5.57. The molecule has 0 spiro atoms. The minimum Gasteiger partial charge on any atom is -0.492 e. The van der Waals surface area contributed by atoms with Gasteiger partial charge in [-0.15, -0.1) is 4.73 Å². The van der Waals surface area contributed by atoms with Crippen molar-refractivity contribution in [1.82, 2.24) is 4.73 Å². The Balaban J connectivity index is 2.48. The highest BCUT2D eigenvalue weighted by atomic mass is 16.7. The van der Waals surface area contributed by atoms with Gasteiger partial charge in [-0.05, 0) is 34.1 Å². The molecule has 126 valence electrons. The second-order valence-corrected chi connectivity index (χ2v) is 6.31. The van der Waals surface area contributed by atoms with Crippen LogP contribution < -0.4 is 4.84 Å². The number of rotatable bonds is 8. The molecule has 7 heteroatoms. The zero-order valence-corrected chi connectivity index (χ0v) is 13.8. The van der Waals surface area contributed by atoms with Gasteiger partial charge in [0.1, 0.15) is 0 Å². The van der Waals surface area contributed by atoms with Crippen LogP contribution in [0.3, 0.4) is 0 Å². The molecule has 0 radical (unpaired) electrons. The number of aromatic hydroxyl groups is 2. The Kier molecular flexibility index (Phi) is 5.85. The molecule has 1 rings (SSSR count). The fourth-order valence-electron chi connectivity index (χ4n) is 1.70. The van der Waals surface area contributed by atoms with Crippen LogP contribution in [0.5, 0.6) is 11.8 Å². The van der Waals surface area contributed by atoms with E-state index in [1.807, 2.05) is 13.8 Å². The highest BCUT2D eigenvalue weighted by Gasteiger charge is 2.26. The van der Waals surface area contributed by atoms with E-state index in [1.165, 1.54) is 12.1 Å². The molecule has 0 bridgehead atoms. The Labute approximate surface area is 130 Å². The van der Waals surface area contributed by atoms with Crippen LogP contribution >= 0.6 is 0 Å². The molecule has 1 aromatic heterocycles. The van der Waals surface area contributed by atoms with Crippen molar-refractivity contribution in [2.45, 2.75) is 51.7 Å². The molecule has 0 saturated heterocycles. The van der Waals surface area contributed by atoms with Gasteiger partial charge in [-0.2, -0.15) is 0 Å². The minimum absolute atomic E-state index is 0.0303. The van der Waals surface area contributed by atoms with Gasteiger partial charge in [0.2, 0.25) is 11.8 Å². The van der Waals surface area contributed by atoms with E-state index in [4.69, 9.17) is 14.3 Å². The van der Waals surface area contributed by atoms with Gasteiger partial charge in [0.15, 0.2) is 0 Å². The zero-order chi connectivity index (χ0) is 17.0. The fourth-order valence-corrected chi connectivity index (χ4v) is 1.70. The van der Waals surface area contributed by atoms with Crippen LogP contribution in [0.2, 0.25) is 0 Å². The van der Waals surface area contributed by atoms with Crippen LogP contribution in [-0.2, 0) is 14.3 Å². The average molecular weight is 315 g/mol. The molecule has 0 unspecified atom stereocenters. The third-order valence-electron chi connectivity index (χ3n) is 3.31. The normalized spacial score (nSPS) is 12.4. The molecule has 0 aliphatic rings. The third-order valence-corrected chi connectivity index (χ3v) is 3.31. The van der Waals surface area contributed by atoms with Crippen LogP contribution in [0.25, 0.3) is 0 Å². The lowest BCUT2D eigenvalue weighted by molar-refractivity contribution is -0.152. The number of methoxy groups -OCH3 is 1. The van der Waals surface area contributed by atoms with Crippen LogP contribution in [0.1, 0.15) is 40.5 Å². The monoisotopic (exact) mass is 315 g/mol. The Hall–Kier alpha value is -1.73. The predicted octanol–water partition coefficient (Wildman–Crippen LogP) is 1.85. The highest BCUT2D eigenvalue weighted by Crippen LogP contribution is 2.21. The Morgan fingerprint density at radius 1 is 1.14 bits per heavy atom. The number of carbonyl (C=O) groups is 1. The first-order valence-corrected chi connectivity index (χ1v) is 7.06. The highest BCUT2D eigenvalue weighted by molar-refractivity contribution is 5.71. The lowest BCUT2D eigenvalue weighted by Gasteiger charge is -2.28. The minimum atomic E-state index is -0.737. The van der Waals surface area contributed by atoms with Gasteiger partial charge in [0.25, 0.3) is 0 Å². The maximum absolute atomic E-state index is 11.9. The summed E-state index contributed by atoms with van der Waals surface area (Å²) in [6.45, 7) is 7.87. The van der Waals surface area contributed by atoms with E-state index in [1.54, 1.807) is 21.0 Å². The van der Waals surface area contributed by atoms with Crippen LogP contribution in [0.15, 0.2) is 12.1 Å². The number of nitrogens with zero attached hydrogens (tertiary/aromatic N) is 1. The molecule has 0 saturated carbocycles. The largest absolute Gasteiger partial charge is 0.492 e. The lowest BCUT2D eigenvalue weighted by Crippen LogP contribution is -2.34. The van der Waals surface area contributed by atoms with E-state index in [2.05, 4.69) is 0 Å². The van der Waals surface area contributed by atoms with E-state index in [9.17, 15) is 15.0 Å². The van der Waals surface area contributed by atoms with E-state index < -0.39 is 11.6 Å². The van der Waals surface area contributed by atoms with Crippen molar-refractivity contribution in [2.24, 2.45) is 0 Å². The molecule has 2 N–H and O–H groups in total. The van der Waals surface area contributed by atoms with E-state index in [0.717, 1.165) is 0 Å². The number of hydrogen-bond donors (Lipinski definition) is 2. The summed E-state index contributed by atoms with van der Waals surface area (Å²) in [6, 6.07) is 2.44. The van der Waals surface area contributed by atoms with Gasteiger partial charge in [-0.3, -0.25) is 0 Å². The van der Waals surface area contributed by atoms with Crippen LogP contribution in [-0.4, -0.2) is 45.8 Å². The first-order chi connectivity index (χ1) is 10.1. The fraction of sp³-hybridized carbons (Fsp3) is 0.667. The second-order valence-electron chi connectivity index (χ2n) is 6.31. The summed E-state index contributed by atoms with van der Waals surface area (Å²) in [5.74, 6) is -1.34. The molecule has 0 aliphatic carbocycles. The molecule has 0 aromatic carbocycles. The van der Waals surface area contributed by atoms with Crippen molar-refractivity contribution in [3.8, 4) is 11.8 Å². The Morgan fingerprint density at radius 3 is 2.18 bits per heavy atom. The first kappa shape index (κ1) is 18.3. The van der Waals surface area contributed by atoms with Crippen molar-refractivity contribution in [1.29, 1.82) is 0 Å². The average Bonchev–Trinajstić information content (AvgIpc) is 2.69. The van der Waals surface area contributed by atoms with Gasteiger partial charge in [-0.1, -0.05) is 0 Å². The number of hydrogen-bond acceptors (Lipinski definition) is 6. The zero-order valence-electron chi connectivity index (χ0n) is 13.8. The molecule has 0 atom stereocenters. The molecular weight excluding hydrogens is 290 g/mol. The van der Waals surface area contributed by atoms with Crippen molar-refractivity contribution >= 4 is 5.97 Å². The maximum Gasteiger partial charge on any atom is 0.336 e. The molecule has 22 heavy (non-hydrogen) atoms. The van der Waals surface area contributed by atoms with E-state index >= 15 is 0 Å². The Morgan fingerprint density at radius 2 is 1.68 bits per heavy atom. The van der Waals surface area contributed by atoms with Gasteiger partial charge in [-0.25, -0.2) is 4.79 Å². The molecular formula is C15H25NO6. The number of ether oxygens (including phenoxy) is 2. The molecule has 1 heterocycles. The second kappa shape index (κ2) is 7.02. The van der Waals surface area contributed by atoms with Gasteiger partial charge in [0, 0.05) is 19.2 Å². The standard InChI is InChI=1S/C15H25NO6/c1-14(2,20-5)8-9-21-15(3,4)10-13(19)22-16-11(17)6-7-12(16)18/h6-7,17-18H,8-10H2,1-5H3. The summed E-state index contributed by atoms with van der Waals surface area (Å²) in [4.78, 5) is 16.8. The van der Waals surface area contributed by atoms with Crippen LogP contribution in [0.4, 0.5) is 0 Å². The number of carbonyl (C=O) groups excluding carboxylic acids is 1. The molecule has 0 aliphatic heterocycles. The summed E-state index contributed by atoms with van der Waals surface area (Å²) >= 11 is 0. The molecule has 7 nitrogen and oxygen atoms in total. The SMILES string of the molecule is COC(C)(C)CCOC(C)(C)CC(=O)On1c(O)ccc1O. The van der Waals surface area contributed by atoms with E-state index in [0.29, 0.717) is 17.8 Å². The smallest absolute Gasteiger partial charge is 0.336 e. The summed E-state index contributed by atoms with van der Waals surface area (Å²) in [5.41, 5.74) is -1.03. The predicted molar refractivity (Wildman–Crippen MR) is 79.7 cm³/mol. The van der Waals surface area contributed by atoms with Gasteiger partial charge < -0.3 is 24.5 Å². The van der Waals surface area contributed by atoms with Crippen molar-refractivity contribution in [3.05, 3.63) is 12.1 Å². The van der Waals surface area contributed by atoms with Crippen molar-refractivity contribution < 1.29 is 29.3 Å². The molecule has 0 amide bonds. The maximum atomic E-state index is 11.9.